The first-order valence-corrected chi connectivity index (χ1v) is 13.6. The van der Waals surface area contributed by atoms with Crippen LogP contribution in [0.5, 0.6) is 0 Å². The Kier molecular flexibility index (Phi) is 5.05. The van der Waals surface area contributed by atoms with Crippen molar-refractivity contribution in [3.63, 3.8) is 0 Å². The minimum Gasteiger partial charge on any atom is -0.349 e. The summed E-state index contributed by atoms with van der Waals surface area (Å²) in [6.07, 6.45) is 9.55. The lowest BCUT2D eigenvalue weighted by Gasteiger charge is -2.60. The van der Waals surface area contributed by atoms with Crippen LogP contribution in [0.25, 0.3) is 10.4 Å². The van der Waals surface area contributed by atoms with Crippen molar-refractivity contribution in [2.75, 3.05) is 6.61 Å². The molecule has 6 rings (SSSR count). The topological polar surface area (TPSA) is 84.3 Å². The van der Waals surface area contributed by atoms with E-state index in [0.29, 0.717) is 35.4 Å². The summed E-state index contributed by atoms with van der Waals surface area (Å²) in [5.41, 5.74) is 8.86. The van der Waals surface area contributed by atoms with Crippen LogP contribution in [0.4, 0.5) is 0 Å². The first kappa shape index (κ1) is 22.4. The number of nitrogens with zero attached hydrogens (tertiary/aromatic N) is 3. The third-order valence-electron chi connectivity index (χ3n) is 12.0. The van der Waals surface area contributed by atoms with Gasteiger partial charge >= 0.3 is 0 Å². The Labute approximate surface area is 198 Å². The molecule has 4 saturated carbocycles. The Morgan fingerprint density at radius 2 is 1.88 bits per heavy atom. The zero-order chi connectivity index (χ0) is 23.2. The van der Waals surface area contributed by atoms with Crippen LogP contribution >= 0.6 is 0 Å². The summed E-state index contributed by atoms with van der Waals surface area (Å²) in [6, 6.07) is 0.142. The summed E-state index contributed by atoms with van der Waals surface area (Å²) in [5.74, 6) is 3.31. The van der Waals surface area contributed by atoms with Crippen molar-refractivity contribution < 1.29 is 14.3 Å². The lowest BCUT2D eigenvalue weighted by atomic mass is 9.44. The van der Waals surface area contributed by atoms with Crippen LogP contribution in [0, 0.1) is 52.3 Å². The second-order valence-electron chi connectivity index (χ2n) is 13.2. The fourth-order valence-electron chi connectivity index (χ4n) is 10.1. The number of hydrogen-bond acceptors (Lipinski definition) is 4. The van der Waals surface area contributed by atoms with E-state index in [1.165, 1.54) is 12.8 Å². The van der Waals surface area contributed by atoms with Gasteiger partial charge in [0.25, 0.3) is 0 Å². The number of azide groups is 1. The number of ketones is 1. The van der Waals surface area contributed by atoms with E-state index in [-0.39, 0.29) is 34.8 Å². The van der Waals surface area contributed by atoms with Gasteiger partial charge in [-0.3, -0.25) is 4.79 Å². The van der Waals surface area contributed by atoms with Crippen molar-refractivity contribution in [3.05, 3.63) is 10.4 Å². The normalized spacial score (nSPS) is 57.6. The zero-order valence-electron chi connectivity index (χ0n) is 20.8. The molecule has 0 radical (unpaired) electrons. The molecule has 0 N–H and O–H groups in total. The van der Waals surface area contributed by atoms with Crippen molar-refractivity contribution in [3.8, 4) is 0 Å². The first-order valence-electron chi connectivity index (χ1n) is 13.6. The molecular formula is C27H41N3O3. The molecule has 0 bridgehead atoms. The van der Waals surface area contributed by atoms with Crippen LogP contribution < -0.4 is 0 Å². The number of carbonyl (C=O) groups excluding carboxylic acids is 1. The van der Waals surface area contributed by atoms with Crippen LogP contribution in [0.2, 0.25) is 0 Å². The molecule has 0 aromatic heterocycles. The number of Topliss-reactive ketones (excluding diaryl/α,β-unsaturated/α-hetero) is 1. The highest BCUT2D eigenvalue weighted by Crippen LogP contribution is 2.70. The van der Waals surface area contributed by atoms with Gasteiger partial charge in [0.15, 0.2) is 5.79 Å². The van der Waals surface area contributed by atoms with Crippen LogP contribution in [-0.2, 0) is 14.3 Å². The lowest BCUT2D eigenvalue weighted by Crippen LogP contribution is -2.58. The molecule has 0 amide bonds. The molecule has 2 aliphatic heterocycles. The predicted molar refractivity (Wildman–Crippen MR) is 125 cm³/mol. The standard InChI is InChI=1S/C27H41N3O3/c1-15-7-10-27(32-14-15)16(2)24-22(33-27)12-21-19-6-5-17-11-18(29-30-28)8-9-25(17,3)20(19)13-23(31)26(21,24)4/h15-22,24H,5-14H2,1-4H3/t15-,16+,17+,18-,19-,20+,21+,22+,24+,25+,26-,27-/m1/s1. The Bertz CT molecular complexity index is 878. The Hall–Kier alpha value is -1.10. The average molecular weight is 456 g/mol. The van der Waals surface area contributed by atoms with E-state index >= 15 is 0 Å². The number of fused-ring (bicyclic) bond motifs is 7. The highest BCUT2D eigenvalue weighted by atomic mass is 16.7. The molecule has 6 aliphatic rings. The summed E-state index contributed by atoms with van der Waals surface area (Å²) in [6.45, 7) is 10.1. The van der Waals surface area contributed by atoms with Crippen molar-refractivity contribution in [1.82, 2.24) is 0 Å². The fraction of sp³-hybridized carbons (Fsp3) is 0.963. The van der Waals surface area contributed by atoms with Gasteiger partial charge in [-0.2, -0.15) is 0 Å². The minimum absolute atomic E-state index is 0.142. The van der Waals surface area contributed by atoms with Crippen LogP contribution in [-0.4, -0.2) is 30.3 Å². The molecule has 6 nitrogen and oxygen atoms in total. The van der Waals surface area contributed by atoms with Crippen molar-refractivity contribution in [2.45, 2.75) is 103 Å². The van der Waals surface area contributed by atoms with E-state index in [0.717, 1.165) is 51.6 Å². The fourth-order valence-corrected chi connectivity index (χ4v) is 10.1. The maximum Gasteiger partial charge on any atom is 0.171 e. The minimum atomic E-state index is -0.462. The molecule has 6 heteroatoms. The van der Waals surface area contributed by atoms with Gasteiger partial charge in [0.1, 0.15) is 5.78 Å². The smallest absolute Gasteiger partial charge is 0.171 e. The van der Waals surface area contributed by atoms with Gasteiger partial charge in [0.2, 0.25) is 0 Å². The lowest BCUT2D eigenvalue weighted by molar-refractivity contribution is -0.272. The molecule has 6 fully saturated rings. The van der Waals surface area contributed by atoms with Crippen LogP contribution in [0.3, 0.4) is 0 Å². The van der Waals surface area contributed by atoms with Crippen molar-refractivity contribution in [2.24, 2.45) is 57.4 Å². The second-order valence-corrected chi connectivity index (χ2v) is 13.2. The summed E-state index contributed by atoms with van der Waals surface area (Å²) >= 11 is 0. The Balaban J connectivity index is 1.27. The van der Waals surface area contributed by atoms with Gasteiger partial charge < -0.3 is 9.47 Å². The summed E-state index contributed by atoms with van der Waals surface area (Å²) in [5, 5.41) is 4.07. The second kappa shape index (κ2) is 7.45. The molecule has 4 aliphatic carbocycles. The first-order chi connectivity index (χ1) is 15.7. The highest BCUT2D eigenvalue weighted by Gasteiger charge is 2.71. The van der Waals surface area contributed by atoms with Gasteiger partial charge in [0.05, 0.1) is 12.7 Å². The van der Waals surface area contributed by atoms with Crippen molar-refractivity contribution >= 4 is 5.78 Å². The monoisotopic (exact) mass is 455 g/mol. The average Bonchev–Trinajstić information content (AvgIpc) is 3.23. The molecule has 2 heterocycles. The molecule has 0 unspecified atom stereocenters. The predicted octanol–water partition coefficient (Wildman–Crippen LogP) is 6.29. The van der Waals surface area contributed by atoms with Gasteiger partial charge in [-0.15, -0.1) is 0 Å². The van der Waals surface area contributed by atoms with E-state index in [2.05, 4.69) is 37.7 Å². The molecule has 12 atom stereocenters. The molecule has 1 spiro atoms. The molecule has 0 aromatic carbocycles. The largest absolute Gasteiger partial charge is 0.349 e. The molecular weight excluding hydrogens is 414 g/mol. The Morgan fingerprint density at radius 3 is 2.61 bits per heavy atom. The third-order valence-corrected chi connectivity index (χ3v) is 12.0. The Morgan fingerprint density at radius 1 is 1.06 bits per heavy atom. The maximum atomic E-state index is 14.1. The van der Waals surface area contributed by atoms with E-state index in [9.17, 15) is 4.79 Å². The van der Waals surface area contributed by atoms with E-state index in [4.69, 9.17) is 15.0 Å². The van der Waals surface area contributed by atoms with E-state index < -0.39 is 5.79 Å². The van der Waals surface area contributed by atoms with E-state index in [1.54, 1.807) is 0 Å². The molecule has 0 aromatic rings. The third kappa shape index (κ3) is 2.93. The summed E-state index contributed by atoms with van der Waals surface area (Å²) < 4.78 is 13.2. The van der Waals surface area contributed by atoms with Crippen molar-refractivity contribution in [1.29, 1.82) is 0 Å². The SMILES string of the molecule is C[C@@H]1CC[C@@]2(OC1)O[C@H]1C[C@H]3[C@@H]4CC[C@H]5C[C@H](N=[N+]=[N-])CC[C@]5(C)[C@H]4CC(=O)[C@]3(C)[C@H]1[C@@H]2C. The number of ether oxygens (including phenoxy) is 2. The quantitative estimate of drug-likeness (QED) is 0.264. The number of rotatable bonds is 1. The summed E-state index contributed by atoms with van der Waals surface area (Å²) in [4.78, 5) is 17.2. The number of carbonyl (C=O) groups is 1. The van der Waals surface area contributed by atoms with Gasteiger partial charge in [-0.25, -0.2) is 0 Å². The van der Waals surface area contributed by atoms with Gasteiger partial charge in [-0.05, 0) is 85.5 Å². The summed E-state index contributed by atoms with van der Waals surface area (Å²) in [7, 11) is 0. The van der Waals surface area contributed by atoms with Crippen LogP contribution in [0.15, 0.2) is 5.11 Å². The number of hydrogen-bond donors (Lipinski definition) is 0. The highest BCUT2D eigenvalue weighted by molar-refractivity contribution is 5.87. The van der Waals surface area contributed by atoms with E-state index in [1.807, 2.05) is 0 Å². The molecule has 182 valence electrons. The molecule has 2 saturated heterocycles. The molecule has 33 heavy (non-hydrogen) atoms. The maximum absolute atomic E-state index is 14.1. The van der Waals surface area contributed by atoms with Crippen LogP contribution in [0.1, 0.15) is 85.5 Å². The van der Waals surface area contributed by atoms with Gasteiger partial charge in [-0.1, -0.05) is 32.8 Å². The van der Waals surface area contributed by atoms with Gasteiger partial charge in [0, 0.05) is 41.0 Å². The zero-order valence-corrected chi connectivity index (χ0v) is 20.8.